The third-order valence-electron chi connectivity index (χ3n) is 15.7. The Bertz CT molecular complexity index is 4210. The average molecular weight is 1140 g/mol. The third-order valence-corrected chi connectivity index (χ3v) is 18.6. The van der Waals surface area contributed by atoms with Crippen molar-refractivity contribution in [2.45, 2.75) is 70.5 Å². The molecular formula is C60H66N18S3. The number of anilines is 3. The van der Waals surface area contributed by atoms with Crippen molar-refractivity contribution in [3.63, 3.8) is 0 Å². The summed E-state index contributed by atoms with van der Waals surface area (Å²) in [6, 6.07) is 23.3. The number of fused-ring (bicyclic) bond motifs is 6. The molecule has 81 heavy (non-hydrogen) atoms. The standard InChI is InChI=1S/C21H24N6S.C20H22N6S.C19H20N6S/c1-13-8-14(9-16-12-26(2)25-19(13)16)15-10-18-20(23-11-15)24-21(28-18)27(3)17-4-6-22-7-5-17;1-12-7-13(8-15-11-26(2)25-18(12)15)14-9-17-19(22-10-14)24-20(27-17)23-16-3-5-21-6-4-16;1-25-11-14-8-12(2-3-16(14)24-25)13-9-17-18(21-10-13)23-19(26-17)22-15-4-6-20-7-5-15/h8-12,17,22H,4-7H2,1-3H3;7-11,16,21H,3-6H2,1-2H3,(H,22,23,24);2-3,8-11,15,20H,4-7H2,1H3,(H,21,22,23). The van der Waals surface area contributed by atoms with Crippen LogP contribution in [0.1, 0.15) is 49.7 Å². The van der Waals surface area contributed by atoms with Crippen LogP contribution in [0.25, 0.3) is 97.1 Å². The maximum absolute atomic E-state index is 4.79. The van der Waals surface area contributed by atoms with Gasteiger partial charge in [0.2, 0.25) is 0 Å². The highest BCUT2D eigenvalue weighted by Crippen LogP contribution is 2.36. The van der Waals surface area contributed by atoms with Gasteiger partial charge in [0.1, 0.15) is 0 Å². The van der Waals surface area contributed by atoms with E-state index in [1.54, 1.807) is 34.0 Å². The van der Waals surface area contributed by atoms with Crippen LogP contribution in [0.5, 0.6) is 0 Å². The molecule has 0 aliphatic carbocycles. The van der Waals surface area contributed by atoms with Gasteiger partial charge in [-0.2, -0.15) is 20.3 Å². The van der Waals surface area contributed by atoms with Gasteiger partial charge in [-0.05, 0) is 174 Å². The predicted octanol–water partition coefficient (Wildman–Crippen LogP) is 10.9. The van der Waals surface area contributed by atoms with E-state index >= 15 is 0 Å². The molecule has 0 bridgehead atoms. The Morgan fingerprint density at radius 1 is 0.481 bits per heavy atom. The van der Waals surface area contributed by atoms with Crippen LogP contribution >= 0.6 is 34.0 Å². The second-order valence-corrected chi connectivity index (χ2v) is 24.8. The number of benzene rings is 3. The molecule has 12 heterocycles. The lowest BCUT2D eigenvalue weighted by molar-refractivity contribution is 0.443. The molecular weight excluding hydrogens is 1070 g/mol. The number of hydrogen-bond donors (Lipinski definition) is 5. The Kier molecular flexibility index (Phi) is 14.9. The van der Waals surface area contributed by atoms with E-state index in [4.69, 9.17) is 4.98 Å². The summed E-state index contributed by atoms with van der Waals surface area (Å²) in [5.74, 6) is 0. The molecule has 0 unspecified atom stereocenters. The molecule has 414 valence electrons. The molecule has 0 spiro atoms. The van der Waals surface area contributed by atoms with E-state index in [0.29, 0.717) is 18.1 Å². The van der Waals surface area contributed by atoms with Crippen molar-refractivity contribution in [1.29, 1.82) is 0 Å². The van der Waals surface area contributed by atoms with Gasteiger partial charge in [-0.3, -0.25) is 14.0 Å². The quantitative estimate of drug-likeness (QED) is 0.0915. The van der Waals surface area contributed by atoms with Crippen LogP contribution in [0, 0.1) is 13.8 Å². The molecule has 0 saturated carbocycles. The molecule has 21 heteroatoms. The van der Waals surface area contributed by atoms with Gasteiger partial charge in [0.15, 0.2) is 32.3 Å². The first-order valence-corrected chi connectivity index (χ1v) is 30.4. The first-order valence-electron chi connectivity index (χ1n) is 28.0. The van der Waals surface area contributed by atoms with Gasteiger partial charge in [-0.1, -0.05) is 40.1 Å². The Balaban J connectivity index is 0.000000114. The Morgan fingerprint density at radius 2 is 0.914 bits per heavy atom. The molecule has 3 saturated heterocycles. The molecule has 0 radical (unpaired) electrons. The highest BCUT2D eigenvalue weighted by atomic mass is 32.1. The lowest BCUT2D eigenvalue weighted by Gasteiger charge is -2.31. The molecule has 3 fully saturated rings. The molecule has 9 aromatic heterocycles. The summed E-state index contributed by atoms with van der Waals surface area (Å²) in [6.45, 7) is 10.7. The lowest BCUT2D eigenvalue weighted by Crippen LogP contribution is -2.41. The van der Waals surface area contributed by atoms with Crippen molar-refractivity contribution < 1.29 is 0 Å². The predicted molar refractivity (Wildman–Crippen MR) is 334 cm³/mol. The van der Waals surface area contributed by atoms with Crippen LogP contribution in [-0.2, 0) is 21.1 Å². The van der Waals surface area contributed by atoms with Gasteiger partial charge >= 0.3 is 0 Å². The van der Waals surface area contributed by atoms with Crippen molar-refractivity contribution in [3.8, 4) is 33.4 Å². The molecule has 18 nitrogen and oxygen atoms in total. The smallest absolute Gasteiger partial charge is 0.188 e. The number of nitrogens with one attached hydrogen (secondary N) is 5. The van der Waals surface area contributed by atoms with Gasteiger partial charge in [0.25, 0.3) is 0 Å². The van der Waals surface area contributed by atoms with Crippen LogP contribution in [0.3, 0.4) is 0 Å². The van der Waals surface area contributed by atoms with Crippen LogP contribution in [0.4, 0.5) is 15.4 Å². The van der Waals surface area contributed by atoms with Crippen LogP contribution in [0.15, 0.2) is 97.8 Å². The summed E-state index contributed by atoms with van der Waals surface area (Å²) in [5, 5.41) is 37.4. The largest absolute Gasteiger partial charge is 0.359 e. The Labute approximate surface area is 481 Å². The number of aromatic nitrogens is 12. The van der Waals surface area contributed by atoms with Gasteiger partial charge in [-0.15, -0.1) is 0 Å². The van der Waals surface area contributed by atoms with Crippen molar-refractivity contribution in [2.75, 3.05) is 61.8 Å². The number of pyridine rings is 3. The molecule has 15 rings (SSSR count). The summed E-state index contributed by atoms with van der Waals surface area (Å²) >= 11 is 5.11. The molecule has 3 aliphatic rings. The SMILES string of the molecule is Cc1cc(-c2cnc3nc(N(C)C4CCNCC4)sc3c2)cc2cn(C)nc12.Cc1cc(-c2cnc3nc(NC4CCNCC4)sc3c2)cc2cn(C)nc12.Cn1cc2cc(-c3cnc4nc(NC5CCNCC5)sc4c3)ccc2n1. The van der Waals surface area contributed by atoms with E-state index < -0.39 is 0 Å². The maximum Gasteiger partial charge on any atom is 0.188 e. The molecule has 5 N–H and O–H groups in total. The molecule has 0 amide bonds. The first kappa shape index (κ1) is 52.8. The number of piperidine rings is 3. The van der Waals surface area contributed by atoms with Gasteiger partial charge in [0, 0.05) is 116 Å². The van der Waals surface area contributed by atoms with Crippen molar-refractivity contribution in [3.05, 3.63) is 109 Å². The summed E-state index contributed by atoms with van der Waals surface area (Å²) in [7, 11) is 8.03. The van der Waals surface area contributed by atoms with E-state index in [1.807, 2.05) is 60.0 Å². The maximum atomic E-state index is 4.79. The van der Waals surface area contributed by atoms with E-state index in [1.165, 1.54) is 22.3 Å². The fraction of sp³-hybridized carbons (Fsp3) is 0.350. The summed E-state index contributed by atoms with van der Waals surface area (Å²) < 4.78 is 8.95. The minimum absolute atomic E-state index is 0.502. The highest BCUT2D eigenvalue weighted by molar-refractivity contribution is 7.22. The second kappa shape index (κ2) is 22.8. The van der Waals surface area contributed by atoms with Gasteiger partial charge in [0.05, 0.1) is 30.6 Å². The van der Waals surface area contributed by atoms with Crippen molar-refractivity contribution >= 4 is 113 Å². The van der Waals surface area contributed by atoms with Crippen LogP contribution < -0.4 is 31.5 Å². The van der Waals surface area contributed by atoms with Crippen LogP contribution in [0.2, 0.25) is 0 Å². The lowest BCUT2D eigenvalue weighted by atomic mass is 10.0. The number of nitrogens with zero attached hydrogens (tertiary/aromatic N) is 13. The number of thiazole rings is 3. The Hall–Kier alpha value is -7.53. The summed E-state index contributed by atoms with van der Waals surface area (Å²) in [4.78, 5) is 30.3. The fourth-order valence-corrected chi connectivity index (χ4v) is 14.2. The molecule has 3 aromatic carbocycles. The monoisotopic (exact) mass is 1130 g/mol. The first-order chi connectivity index (χ1) is 39.5. The number of aryl methyl sites for hydroxylation is 5. The zero-order chi connectivity index (χ0) is 55.1. The summed E-state index contributed by atoms with van der Waals surface area (Å²) in [5.41, 5.74) is 14.8. The second-order valence-electron chi connectivity index (χ2n) is 21.7. The normalized spacial score (nSPS) is 15.6. The fourth-order valence-electron chi connectivity index (χ4n) is 11.3. The van der Waals surface area contributed by atoms with E-state index in [-0.39, 0.29) is 0 Å². The average Bonchev–Trinajstić information content (AvgIpc) is 4.40. The molecule has 0 atom stereocenters. The molecule has 3 aliphatic heterocycles. The zero-order valence-electron chi connectivity index (χ0n) is 46.5. The van der Waals surface area contributed by atoms with E-state index in [0.717, 1.165) is 179 Å². The number of hydrogen-bond acceptors (Lipinski definition) is 18. The Morgan fingerprint density at radius 3 is 1.43 bits per heavy atom. The van der Waals surface area contributed by atoms with E-state index in [9.17, 15) is 0 Å². The third kappa shape index (κ3) is 11.6. The van der Waals surface area contributed by atoms with Crippen molar-refractivity contribution in [1.82, 2.24) is 75.2 Å². The highest BCUT2D eigenvalue weighted by Gasteiger charge is 2.22. The topological polar surface area (TPSA) is 194 Å². The van der Waals surface area contributed by atoms with Gasteiger partial charge in [-0.25, -0.2) is 24.9 Å². The minimum atomic E-state index is 0.502. The number of rotatable bonds is 9. The molecule has 12 aromatic rings. The zero-order valence-corrected chi connectivity index (χ0v) is 48.9. The van der Waals surface area contributed by atoms with E-state index in [2.05, 4.69) is 166 Å². The van der Waals surface area contributed by atoms with Crippen molar-refractivity contribution in [2.24, 2.45) is 21.1 Å². The van der Waals surface area contributed by atoms with Crippen LogP contribution in [-0.4, -0.2) is 124 Å². The summed E-state index contributed by atoms with van der Waals surface area (Å²) in [6.07, 6.45) is 18.8. The minimum Gasteiger partial charge on any atom is -0.359 e. The van der Waals surface area contributed by atoms with Gasteiger partial charge < -0.3 is 31.5 Å².